The molecule has 0 fully saturated rings. The van der Waals surface area contributed by atoms with Crippen molar-refractivity contribution in [3.63, 3.8) is 0 Å². The van der Waals surface area contributed by atoms with Crippen molar-refractivity contribution < 1.29 is 14.5 Å². The molecule has 7 heteroatoms. The number of carbonyl (C=O) groups is 1. The number of nitrogens with two attached hydrogens (primary N) is 1. The molecular weight excluding hydrogens is 214 g/mol. The van der Waals surface area contributed by atoms with Gasteiger partial charge >= 0.3 is 5.69 Å². The van der Waals surface area contributed by atoms with Gasteiger partial charge in [0.2, 0.25) is 0 Å². The molecule has 0 aliphatic rings. The second-order valence-electron chi connectivity index (χ2n) is 3.03. The third kappa shape index (κ3) is 2.67. The number of hydrazine groups is 1. The highest BCUT2D eigenvalue weighted by atomic mass is 16.6. The first kappa shape index (κ1) is 11.9. The molecule has 0 radical (unpaired) electrons. The van der Waals surface area contributed by atoms with E-state index in [1.54, 1.807) is 19.1 Å². The summed E-state index contributed by atoms with van der Waals surface area (Å²) < 4.78 is 5.00. The molecule has 1 aromatic carbocycles. The first-order valence-electron chi connectivity index (χ1n) is 4.42. The molecule has 1 amide bonds. The fraction of sp³-hybridized carbons (Fsp3) is 0.222. The molecule has 16 heavy (non-hydrogen) atoms. The van der Waals surface area contributed by atoms with Crippen molar-refractivity contribution in [1.29, 1.82) is 0 Å². The molecule has 3 N–H and O–H groups in total. The smallest absolute Gasteiger partial charge is 0.313 e. The normalized spacial score (nSPS) is 9.62. The highest BCUT2D eigenvalue weighted by Gasteiger charge is 2.18. The summed E-state index contributed by atoms with van der Waals surface area (Å²) >= 11 is 0. The van der Waals surface area contributed by atoms with Crippen LogP contribution in [-0.2, 0) is 4.79 Å². The van der Waals surface area contributed by atoms with E-state index in [1.165, 1.54) is 6.07 Å². The summed E-state index contributed by atoms with van der Waals surface area (Å²) in [5.74, 6) is 4.34. The van der Waals surface area contributed by atoms with Crippen LogP contribution in [0, 0.1) is 17.0 Å². The standard InChI is InChI=1S/C9H11N3O4/c1-6-3-2-4-7(9(6)12(14)15)16-5-8(13)11-10/h2-4H,5,10H2,1H3,(H,11,13). The van der Waals surface area contributed by atoms with Gasteiger partial charge in [-0.15, -0.1) is 0 Å². The fourth-order valence-corrected chi connectivity index (χ4v) is 1.17. The third-order valence-corrected chi connectivity index (χ3v) is 1.90. The molecule has 86 valence electrons. The number of aryl methyl sites for hydroxylation is 1. The predicted molar refractivity (Wildman–Crippen MR) is 55.7 cm³/mol. The number of ether oxygens (including phenoxy) is 1. The zero-order valence-electron chi connectivity index (χ0n) is 8.60. The SMILES string of the molecule is Cc1cccc(OCC(=O)NN)c1[N+](=O)[O-]. The topological polar surface area (TPSA) is 107 Å². The summed E-state index contributed by atoms with van der Waals surface area (Å²) in [4.78, 5) is 21.0. The largest absolute Gasteiger partial charge is 0.477 e. The zero-order chi connectivity index (χ0) is 12.1. The van der Waals surface area contributed by atoms with Crippen LogP contribution in [0.5, 0.6) is 5.75 Å². The van der Waals surface area contributed by atoms with E-state index in [-0.39, 0.29) is 18.0 Å². The van der Waals surface area contributed by atoms with Crippen molar-refractivity contribution in [3.8, 4) is 5.75 Å². The van der Waals surface area contributed by atoms with E-state index in [1.807, 2.05) is 5.43 Å². The summed E-state index contributed by atoms with van der Waals surface area (Å²) in [6.07, 6.45) is 0. The van der Waals surface area contributed by atoms with Crippen LogP contribution in [-0.4, -0.2) is 17.4 Å². The lowest BCUT2D eigenvalue weighted by molar-refractivity contribution is -0.386. The molecule has 0 aliphatic carbocycles. The summed E-state index contributed by atoms with van der Waals surface area (Å²) in [5.41, 5.74) is 2.19. The van der Waals surface area contributed by atoms with E-state index in [0.717, 1.165) is 0 Å². The Labute approximate surface area is 91.3 Å². The molecule has 0 unspecified atom stereocenters. The molecule has 0 bridgehead atoms. The number of nitrogens with zero attached hydrogens (tertiary/aromatic N) is 1. The van der Waals surface area contributed by atoms with Crippen molar-refractivity contribution in [1.82, 2.24) is 5.43 Å². The van der Waals surface area contributed by atoms with Crippen molar-refractivity contribution in [2.75, 3.05) is 6.61 Å². The monoisotopic (exact) mass is 225 g/mol. The Bertz CT molecular complexity index is 419. The minimum absolute atomic E-state index is 0.0496. The van der Waals surface area contributed by atoms with E-state index in [9.17, 15) is 14.9 Å². The van der Waals surface area contributed by atoms with Crippen LogP contribution in [0.15, 0.2) is 18.2 Å². The first-order valence-corrected chi connectivity index (χ1v) is 4.42. The molecule has 0 saturated carbocycles. The zero-order valence-corrected chi connectivity index (χ0v) is 8.60. The van der Waals surface area contributed by atoms with Gasteiger partial charge in [-0.05, 0) is 13.0 Å². The van der Waals surface area contributed by atoms with Gasteiger partial charge in [0.1, 0.15) is 0 Å². The van der Waals surface area contributed by atoms with Crippen LogP contribution in [0.3, 0.4) is 0 Å². The molecule has 7 nitrogen and oxygen atoms in total. The lowest BCUT2D eigenvalue weighted by Crippen LogP contribution is -2.34. The number of benzene rings is 1. The Morgan fingerprint density at radius 1 is 1.62 bits per heavy atom. The van der Waals surface area contributed by atoms with Crippen LogP contribution >= 0.6 is 0 Å². The molecular formula is C9H11N3O4. The van der Waals surface area contributed by atoms with Crippen LogP contribution in [0.1, 0.15) is 5.56 Å². The molecule has 1 aromatic rings. The highest BCUT2D eigenvalue weighted by Crippen LogP contribution is 2.29. The van der Waals surface area contributed by atoms with E-state index in [2.05, 4.69) is 0 Å². The lowest BCUT2D eigenvalue weighted by atomic mass is 10.2. The molecule has 0 spiro atoms. The van der Waals surface area contributed by atoms with E-state index in [4.69, 9.17) is 10.6 Å². The first-order chi connectivity index (χ1) is 7.56. The van der Waals surface area contributed by atoms with Gasteiger partial charge in [0.25, 0.3) is 5.91 Å². The molecule has 0 saturated heterocycles. The van der Waals surface area contributed by atoms with Crippen molar-refractivity contribution in [2.45, 2.75) is 6.92 Å². The van der Waals surface area contributed by atoms with Gasteiger partial charge in [0, 0.05) is 5.56 Å². The van der Waals surface area contributed by atoms with E-state index < -0.39 is 10.8 Å². The van der Waals surface area contributed by atoms with Gasteiger partial charge in [-0.2, -0.15) is 0 Å². The predicted octanol–water partition coefficient (Wildman–Crippen LogP) is 0.272. The Hall–Kier alpha value is -2.15. The lowest BCUT2D eigenvalue weighted by Gasteiger charge is -2.06. The Balaban J connectivity index is 2.91. The second kappa shape index (κ2) is 5.08. The molecule has 0 heterocycles. The number of rotatable bonds is 4. The van der Waals surface area contributed by atoms with E-state index in [0.29, 0.717) is 5.56 Å². The van der Waals surface area contributed by atoms with Crippen LogP contribution in [0.4, 0.5) is 5.69 Å². The Morgan fingerprint density at radius 2 is 2.31 bits per heavy atom. The minimum atomic E-state index is -0.559. The third-order valence-electron chi connectivity index (χ3n) is 1.90. The van der Waals surface area contributed by atoms with E-state index >= 15 is 0 Å². The van der Waals surface area contributed by atoms with Crippen LogP contribution in [0.2, 0.25) is 0 Å². The number of para-hydroxylation sites is 1. The summed E-state index contributed by atoms with van der Waals surface area (Å²) in [7, 11) is 0. The maximum Gasteiger partial charge on any atom is 0.313 e. The van der Waals surface area contributed by atoms with Crippen LogP contribution < -0.4 is 16.0 Å². The number of carbonyl (C=O) groups excluding carboxylic acids is 1. The van der Waals surface area contributed by atoms with Gasteiger partial charge in [-0.25, -0.2) is 5.84 Å². The highest BCUT2D eigenvalue weighted by molar-refractivity contribution is 5.77. The van der Waals surface area contributed by atoms with Crippen molar-refractivity contribution in [3.05, 3.63) is 33.9 Å². The van der Waals surface area contributed by atoms with Gasteiger partial charge in [-0.3, -0.25) is 20.3 Å². The van der Waals surface area contributed by atoms with Crippen LogP contribution in [0.25, 0.3) is 0 Å². The number of hydrogen-bond acceptors (Lipinski definition) is 5. The fourth-order valence-electron chi connectivity index (χ4n) is 1.17. The maximum atomic E-state index is 10.8. The number of nitro benzene ring substituents is 1. The number of hydrogen-bond donors (Lipinski definition) is 2. The summed E-state index contributed by atoms with van der Waals surface area (Å²) in [6, 6.07) is 4.63. The second-order valence-corrected chi connectivity index (χ2v) is 3.03. The average molecular weight is 225 g/mol. The Morgan fingerprint density at radius 3 is 2.88 bits per heavy atom. The van der Waals surface area contributed by atoms with Gasteiger partial charge < -0.3 is 4.74 Å². The summed E-state index contributed by atoms with van der Waals surface area (Å²) in [6.45, 7) is 1.23. The minimum Gasteiger partial charge on any atom is -0.477 e. The Kier molecular flexibility index (Phi) is 3.78. The quantitative estimate of drug-likeness (QED) is 0.331. The summed E-state index contributed by atoms with van der Waals surface area (Å²) in [5, 5.41) is 10.8. The molecule has 1 rings (SSSR count). The number of amides is 1. The molecule has 0 aromatic heterocycles. The molecule has 0 atom stereocenters. The van der Waals surface area contributed by atoms with Crippen molar-refractivity contribution >= 4 is 11.6 Å². The van der Waals surface area contributed by atoms with Gasteiger partial charge in [0.15, 0.2) is 12.4 Å². The van der Waals surface area contributed by atoms with Gasteiger partial charge in [0.05, 0.1) is 4.92 Å². The average Bonchev–Trinajstić information content (AvgIpc) is 2.25. The maximum absolute atomic E-state index is 10.8. The number of nitro groups is 1. The van der Waals surface area contributed by atoms with Crippen molar-refractivity contribution in [2.24, 2.45) is 5.84 Å². The van der Waals surface area contributed by atoms with Gasteiger partial charge in [-0.1, -0.05) is 12.1 Å². The number of nitrogens with one attached hydrogen (secondary N) is 1. The molecule has 0 aliphatic heterocycles.